The van der Waals surface area contributed by atoms with Gasteiger partial charge in [0.1, 0.15) is 6.04 Å². The van der Waals surface area contributed by atoms with Crippen LogP contribution in [0.1, 0.15) is 17.2 Å². The van der Waals surface area contributed by atoms with Crippen molar-refractivity contribution in [2.75, 3.05) is 4.90 Å². The van der Waals surface area contributed by atoms with Crippen LogP contribution >= 0.6 is 23.2 Å². The first kappa shape index (κ1) is 18.2. The quantitative estimate of drug-likeness (QED) is 0.746. The molecule has 29 heavy (non-hydrogen) atoms. The molecule has 0 bridgehead atoms. The van der Waals surface area contributed by atoms with Gasteiger partial charge in [0.15, 0.2) is 0 Å². The maximum Gasteiger partial charge on any atom is 0.240 e. The van der Waals surface area contributed by atoms with Crippen molar-refractivity contribution < 1.29 is 14.4 Å². The molecule has 6 nitrogen and oxygen atoms in total. The third kappa shape index (κ3) is 2.52. The predicted molar refractivity (Wildman–Crippen MR) is 109 cm³/mol. The fraction of sp³-hybridized carbons (Fsp3) is 0.190. The predicted octanol–water partition coefficient (Wildman–Crippen LogP) is 2.99. The van der Waals surface area contributed by atoms with E-state index in [0.29, 0.717) is 15.7 Å². The molecule has 0 radical (unpaired) electrons. The fourth-order valence-electron chi connectivity index (χ4n) is 4.81. The highest BCUT2D eigenvalue weighted by molar-refractivity contribution is 6.35. The molecular formula is C21H15Cl2N3O3. The van der Waals surface area contributed by atoms with Crippen molar-refractivity contribution in [3.05, 3.63) is 69.8 Å². The zero-order valence-electron chi connectivity index (χ0n) is 15.0. The van der Waals surface area contributed by atoms with Crippen molar-refractivity contribution in [1.29, 1.82) is 0 Å². The van der Waals surface area contributed by atoms with Gasteiger partial charge < -0.3 is 10.6 Å². The number of primary amides is 1. The Hall–Kier alpha value is -2.83. The summed E-state index contributed by atoms with van der Waals surface area (Å²) in [4.78, 5) is 42.0. The molecule has 0 unspecified atom stereocenters. The van der Waals surface area contributed by atoms with Crippen molar-refractivity contribution in [3.63, 3.8) is 0 Å². The van der Waals surface area contributed by atoms with Crippen LogP contribution in [0.2, 0.25) is 10.0 Å². The van der Waals surface area contributed by atoms with E-state index < -0.39 is 35.7 Å². The number of hydrogen-bond acceptors (Lipinski definition) is 4. The first-order valence-electron chi connectivity index (χ1n) is 9.06. The summed E-state index contributed by atoms with van der Waals surface area (Å²) in [6, 6.07) is 10.8. The minimum atomic E-state index is -0.911. The highest BCUT2D eigenvalue weighted by atomic mass is 35.5. The minimum absolute atomic E-state index is 0.293. The summed E-state index contributed by atoms with van der Waals surface area (Å²) in [5.41, 5.74) is 7.81. The van der Waals surface area contributed by atoms with Crippen molar-refractivity contribution in [1.82, 2.24) is 4.90 Å². The van der Waals surface area contributed by atoms with Gasteiger partial charge in [-0.25, -0.2) is 4.90 Å². The zero-order valence-corrected chi connectivity index (χ0v) is 16.5. The molecule has 0 aliphatic carbocycles. The second-order valence-electron chi connectivity index (χ2n) is 7.38. The maximum atomic E-state index is 13.5. The first-order chi connectivity index (χ1) is 13.9. The van der Waals surface area contributed by atoms with E-state index >= 15 is 0 Å². The highest BCUT2D eigenvalue weighted by Gasteiger charge is 2.64. The summed E-state index contributed by atoms with van der Waals surface area (Å²) in [6.45, 7) is 0. The van der Waals surface area contributed by atoms with Gasteiger partial charge in [-0.3, -0.25) is 14.4 Å². The van der Waals surface area contributed by atoms with Crippen LogP contribution < -0.4 is 10.6 Å². The number of amides is 3. The molecule has 2 aromatic rings. The number of nitrogens with zero attached hydrogens (tertiary/aromatic N) is 2. The Morgan fingerprint density at radius 2 is 1.62 bits per heavy atom. The van der Waals surface area contributed by atoms with E-state index in [4.69, 9.17) is 28.9 Å². The molecule has 3 amide bonds. The summed E-state index contributed by atoms with van der Waals surface area (Å²) in [7, 11) is 0. The van der Waals surface area contributed by atoms with Crippen molar-refractivity contribution >= 4 is 52.7 Å². The molecule has 8 heteroatoms. The Labute approximate surface area is 176 Å². The second kappa shape index (κ2) is 6.34. The first-order valence-corrected chi connectivity index (χ1v) is 9.82. The fourth-order valence-corrected chi connectivity index (χ4v) is 5.32. The lowest BCUT2D eigenvalue weighted by Crippen LogP contribution is -2.46. The third-order valence-electron chi connectivity index (χ3n) is 5.86. The third-order valence-corrected chi connectivity index (χ3v) is 6.30. The molecule has 2 saturated heterocycles. The van der Waals surface area contributed by atoms with Gasteiger partial charge in [0.05, 0.1) is 23.6 Å². The van der Waals surface area contributed by atoms with Crippen LogP contribution in [0.15, 0.2) is 48.7 Å². The SMILES string of the molecule is NC(=O)[C@@H]1[C@@H]2C(=O)N(c3cc(Cl)cc(Cl)c3)C(=O)[C@@H]2[C@@H]2c3ccccc3C=CN12. The minimum Gasteiger partial charge on any atom is -0.368 e. The number of hydrogen-bond donors (Lipinski definition) is 1. The average Bonchev–Trinajstić information content (AvgIpc) is 3.14. The number of carbonyl (C=O) groups is 3. The number of benzene rings is 2. The van der Waals surface area contributed by atoms with Crippen LogP contribution in [0.25, 0.3) is 6.08 Å². The van der Waals surface area contributed by atoms with Gasteiger partial charge in [0.25, 0.3) is 0 Å². The summed E-state index contributed by atoms with van der Waals surface area (Å²) in [5.74, 6) is -3.11. The van der Waals surface area contributed by atoms with E-state index in [1.54, 1.807) is 11.1 Å². The maximum absolute atomic E-state index is 13.5. The van der Waals surface area contributed by atoms with E-state index in [2.05, 4.69) is 0 Å². The molecule has 2 N–H and O–H groups in total. The number of carbonyl (C=O) groups excluding carboxylic acids is 3. The number of nitrogens with two attached hydrogens (primary N) is 1. The van der Waals surface area contributed by atoms with Gasteiger partial charge in [-0.2, -0.15) is 0 Å². The van der Waals surface area contributed by atoms with Crippen molar-refractivity contribution in [3.8, 4) is 0 Å². The van der Waals surface area contributed by atoms with Crippen LogP contribution in [0.3, 0.4) is 0 Å². The molecule has 3 aliphatic heterocycles. The van der Waals surface area contributed by atoms with Crippen LogP contribution in [0.5, 0.6) is 0 Å². The Morgan fingerprint density at radius 1 is 0.966 bits per heavy atom. The molecular weight excluding hydrogens is 413 g/mol. The Kier molecular flexibility index (Phi) is 3.98. The van der Waals surface area contributed by atoms with Gasteiger partial charge in [-0.1, -0.05) is 47.5 Å². The monoisotopic (exact) mass is 427 g/mol. The van der Waals surface area contributed by atoms with Gasteiger partial charge in [0.2, 0.25) is 17.7 Å². The lowest BCUT2D eigenvalue weighted by Gasteiger charge is -2.34. The van der Waals surface area contributed by atoms with Crippen molar-refractivity contribution in [2.24, 2.45) is 17.6 Å². The molecule has 146 valence electrons. The van der Waals surface area contributed by atoms with Crippen LogP contribution in [0, 0.1) is 11.8 Å². The second-order valence-corrected chi connectivity index (χ2v) is 8.25. The number of halogens is 2. The molecule has 3 aliphatic rings. The number of anilines is 1. The van der Waals surface area contributed by atoms with E-state index in [9.17, 15) is 14.4 Å². The van der Waals surface area contributed by atoms with Crippen LogP contribution in [-0.2, 0) is 14.4 Å². The Morgan fingerprint density at radius 3 is 2.31 bits per heavy atom. The van der Waals surface area contributed by atoms with Gasteiger partial charge in [-0.05, 0) is 35.4 Å². The summed E-state index contributed by atoms with van der Waals surface area (Å²) < 4.78 is 0. The molecule has 4 atom stereocenters. The Bertz CT molecular complexity index is 1100. The molecule has 0 aromatic heterocycles. The number of imide groups is 1. The van der Waals surface area contributed by atoms with E-state index in [1.165, 1.54) is 18.2 Å². The lowest BCUT2D eigenvalue weighted by molar-refractivity contribution is -0.129. The van der Waals surface area contributed by atoms with Gasteiger partial charge in [0, 0.05) is 16.2 Å². The normalized spacial score (nSPS) is 27.1. The molecule has 0 saturated carbocycles. The number of fused-ring (bicyclic) bond motifs is 5. The summed E-state index contributed by atoms with van der Waals surface area (Å²) in [6.07, 6.45) is 3.62. The zero-order chi connectivity index (χ0) is 20.4. The number of rotatable bonds is 2. The molecule has 0 spiro atoms. The summed E-state index contributed by atoms with van der Waals surface area (Å²) in [5, 5.41) is 0.619. The molecule has 3 heterocycles. The average molecular weight is 428 g/mol. The summed E-state index contributed by atoms with van der Waals surface area (Å²) >= 11 is 12.2. The smallest absolute Gasteiger partial charge is 0.240 e. The molecule has 2 aromatic carbocycles. The van der Waals surface area contributed by atoms with Crippen LogP contribution in [-0.4, -0.2) is 28.7 Å². The largest absolute Gasteiger partial charge is 0.368 e. The highest BCUT2D eigenvalue weighted by Crippen LogP contribution is 2.53. The van der Waals surface area contributed by atoms with Crippen molar-refractivity contribution in [2.45, 2.75) is 12.1 Å². The molecule has 2 fully saturated rings. The molecule has 5 rings (SSSR count). The standard InChI is InChI=1S/C21H15Cl2N3O3/c22-11-7-12(23)9-13(8-11)26-20(28)15-16(21(26)29)18(19(24)27)25-6-5-10-3-1-2-4-14(10)17(15)25/h1-9,15-18H,(H2,24,27)/t15-,16+,17-,18-/m0/s1. The van der Waals surface area contributed by atoms with Gasteiger partial charge in [-0.15, -0.1) is 0 Å². The van der Waals surface area contributed by atoms with Gasteiger partial charge >= 0.3 is 0 Å². The van der Waals surface area contributed by atoms with E-state index in [1.807, 2.05) is 30.3 Å². The lowest BCUT2D eigenvalue weighted by atomic mass is 9.84. The van der Waals surface area contributed by atoms with E-state index in [-0.39, 0.29) is 5.91 Å². The Balaban J connectivity index is 1.66. The van der Waals surface area contributed by atoms with Crippen LogP contribution in [0.4, 0.5) is 5.69 Å². The topological polar surface area (TPSA) is 83.7 Å². The van der Waals surface area contributed by atoms with E-state index in [0.717, 1.165) is 16.0 Å².